The highest BCUT2D eigenvalue weighted by Gasteiger charge is 1.89. The first kappa shape index (κ1) is 7.43. The summed E-state index contributed by atoms with van der Waals surface area (Å²) in [5.74, 6) is 0. The van der Waals surface area contributed by atoms with Gasteiger partial charge in [-0.2, -0.15) is 0 Å². The molecule has 0 atom stereocenters. The Balaban J connectivity index is 0.000000360. The lowest BCUT2D eigenvalue weighted by atomic mass is 10.2. The Bertz CT molecular complexity index is 53.1. The monoisotopic (exact) mass is 211 g/mol. The SMILES string of the molecule is C1=C[NH2+]CCC1.[I-]. The lowest BCUT2D eigenvalue weighted by molar-refractivity contribution is -0.591. The maximum Gasteiger partial charge on any atom is 0.0885 e. The number of quaternary nitrogens is 1. The highest BCUT2D eigenvalue weighted by molar-refractivity contribution is 4.72. The Hall–Kier alpha value is 0.430. The molecule has 1 heterocycles. The van der Waals surface area contributed by atoms with E-state index in [-0.39, 0.29) is 24.0 Å². The Morgan fingerprint density at radius 2 is 2.29 bits per heavy atom. The van der Waals surface area contributed by atoms with Gasteiger partial charge < -0.3 is 29.3 Å². The predicted molar refractivity (Wildman–Crippen MR) is 25.2 cm³/mol. The highest BCUT2D eigenvalue weighted by atomic mass is 127. The van der Waals surface area contributed by atoms with E-state index in [1.807, 2.05) is 0 Å². The number of hydrogen-bond donors (Lipinski definition) is 1. The minimum Gasteiger partial charge on any atom is -1.00 e. The molecule has 0 amide bonds. The van der Waals surface area contributed by atoms with Gasteiger partial charge in [0.1, 0.15) is 0 Å². The highest BCUT2D eigenvalue weighted by Crippen LogP contribution is 1.86. The van der Waals surface area contributed by atoms with Crippen molar-refractivity contribution >= 4 is 0 Å². The standard InChI is InChI=1S/C5H9N.HI/c1-2-4-6-5-3-1;/h2,4,6H,1,3,5H2;1H. The number of hydrogen-bond acceptors (Lipinski definition) is 0. The zero-order valence-corrected chi connectivity index (χ0v) is 6.39. The van der Waals surface area contributed by atoms with Gasteiger partial charge in [0.05, 0.1) is 12.7 Å². The Kier molecular flexibility index (Phi) is 4.87. The van der Waals surface area contributed by atoms with Crippen LogP contribution in [0.3, 0.4) is 0 Å². The van der Waals surface area contributed by atoms with Gasteiger partial charge in [-0.05, 0) is 12.5 Å². The van der Waals surface area contributed by atoms with E-state index < -0.39 is 0 Å². The number of halogens is 1. The van der Waals surface area contributed by atoms with E-state index in [0.29, 0.717) is 0 Å². The van der Waals surface area contributed by atoms with Gasteiger partial charge in [0, 0.05) is 6.42 Å². The minimum atomic E-state index is 0. The van der Waals surface area contributed by atoms with Crippen LogP contribution in [0.4, 0.5) is 0 Å². The van der Waals surface area contributed by atoms with E-state index in [0.717, 1.165) is 0 Å². The third-order valence-electron chi connectivity index (χ3n) is 1.01. The molecule has 0 saturated carbocycles. The quantitative estimate of drug-likeness (QED) is 0.408. The summed E-state index contributed by atoms with van der Waals surface area (Å²) >= 11 is 0. The summed E-state index contributed by atoms with van der Waals surface area (Å²) in [6.45, 7) is 1.29. The van der Waals surface area contributed by atoms with Crippen molar-refractivity contribution in [2.45, 2.75) is 12.8 Å². The Morgan fingerprint density at radius 1 is 1.43 bits per heavy atom. The van der Waals surface area contributed by atoms with Crippen molar-refractivity contribution in [3.63, 3.8) is 0 Å². The molecule has 0 radical (unpaired) electrons. The lowest BCUT2D eigenvalue weighted by Crippen LogP contribution is -3.00. The molecule has 1 aliphatic heterocycles. The molecular formula is C5H10IN. The third kappa shape index (κ3) is 3.05. The summed E-state index contributed by atoms with van der Waals surface area (Å²) in [6.07, 6.45) is 7.00. The molecule has 0 aromatic heterocycles. The zero-order chi connectivity index (χ0) is 4.24. The number of nitrogens with two attached hydrogens (primary N) is 1. The molecule has 0 saturated heterocycles. The van der Waals surface area contributed by atoms with Crippen molar-refractivity contribution in [1.82, 2.24) is 0 Å². The average Bonchev–Trinajstić information content (AvgIpc) is 1.72. The van der Waals surface area contributed by atoms with Crippen molar-refractivity contribution in [3.8, 4) is 0 Å². The summed E-state index contributed by atoms with van der Waals surface area (Å²) < 4.78 is 0. The van der Waals surface area contributed by atoms with Crippen LogP contribution in [0, 0.1) is 0 Å². The summed E-state index contributed by atoms with van der Waals surface area (Å²) in [4.78, 5) is 0. The first-order chi connectivity index (χ1) is 3.00. The van der Waals surface area contributed by atoms with E-state index in [2.05, 4.69) is 17.6 Å². The molecule has 0 spiro atoms. The van der Waals surface area contributed by atoms with Gasteiger partial charge in [-0.15, -0.1) is 0 Å². The lowest BCUT2D eigenvalue weighted by Gasteiger charge is -1.96. The van der Waals surface area contributed by atoms with E-state index in [1.165, 1.54) is 19.4 Å². The summed E-state index contributed by atoms with van der Waals surface area (Å²) in [5.41, 5.74) is 0. The van der Waals surface area contributed by atoms with Gasteiger partial charge >= 0.3 is 0 Å². The smallest absolute Gasteiger partial charge is 0.0885 e. The Morgan fingerprint density at radius 3 is 2.43 bits per heavy atom. The van der Waals surface area contributed by atoms with Crippen molar-refractivity contribution < 1.29 is 29.3 Å². The maximum absolute atomic E-state index is 2.21. The fraction of sp³-hybridized carbons (Fsp3) is 0.600. The Labute approximate surface area is 61.2 Å². The molecule has 1 aliphatic rings. The van der Waals surface area contributed by atoms with Crippen LogP contribution < -0.4 is 29.3 Å². The molecule has 0 fully saturated rings. The van der Waals surface area contributed by atoms with Gasteiger partial charge in [0.2, 0.25) is 0 Å². The molecular weight excluding hydrogens is 201 g/mol. The number of allylic oxidation sites excluding steroid dienone is 1. The number of rotatable bonds is 0. The third-order valence-corrected chi connectivity index (χ3v) is 1.01. The van der Waals surface area contributed by atoms with Crippen LogP contribution in [0.25, 0.3) is 0 Å². The van der Waals surface area contributed by atoms with Gasteiger partial charge in [-0.3, -0.25) is 0 Å². The second kappa shape index (κ2) is 4.59. The zero-order valence-electron chi connectivity index (χ0n) is 4.23. The van der Waals surface area contributed by atoms with Gasteiger partial charge in [0.15, 0.2) is 0 Å². The topological polar surface area (TPSA) is 16.6 Å². The second-order valence-corrected chi connectivity index (χ2v) is 1.59. The maximum atomic E-state index is 2.21. The normalized spacial score (nSPS) is 18.3. The minimum absolute atomic E-state index is 0. The van der Waals surface area contributed by atoms with Crippen LogP contribution in [-0.4, -0.2) is 6.54 Å². The summed E-state index contributed by atoms with van der Waals surface area (Å²) in [7, 11) is 0. The predicted octanol–water partition coefficient (Wildman–Crippen LogP) is -3.14. The first-order valence-corrected chi connectivity index (χ1v) is 2.48. The van der Waals surface area contributed by atoms with E-state index in [4.69, 9.17) is 0 Å². The van der Waals surface area contributed by atoms with Crippen LogP contribution >= 0.6 is 0 Å². The largest absolute Gasteiger partial charge is 1.00 e. The van der Waals surface area contributed by atoms with Gasteiger partial charge in [0.25, 0.3) is 0 Å². The van der Waals surface area contributed by atoms with Crippen molar-refractivity contribution in [1.29, 1.82) is 0 Å². The fourth-order valence-corrected chi connectivity index (χ4v) is 0.642. The molecule has 0 unspecified atom stereocenters. The molecule has 7 heavy (non-hydrogen) atoms. The molecule has 2 heteroatoms. The van der Waals surface area contributed by atoms with Crippen LogP contribution in [0.1, 0.15) is 12.8 Å². The summed E-state index contributed by atoms with van der Waals surface area (Å²) in [6, 6.07) is 0. The van der Waals surface area contributed by atoms with Crippen molar-refractivity contribution in [2.24, 2.45) is 0 Å². The average molecular weight is 211 g/mol. The summed E-state index contributed by atoms with van der Waals surface area (Å²) in [5, 5.41) is 2.21. The molecule has 42 valence electrons. The van der Waals surface area contributed by atoms with Gasteiger partial charge in [-0.25, -0.2) is 0 Å². The molecule has 2 N–H and O–H groups in total. The van der Waals surface area contributed by atoms with Crippen LogP contribution in [0.5, 0.6) is 0 Å². The molecule has 0 aromatic rings. The second-order valence-electron chi connectivity index (χ2n) is 1.59. The van der Waals surface area contributed by atoms with E-state index in [1.54, 1.807) is 0 Å². The van der Waals surface area contributed by atoms with Crippen LogP contribution in [0.15, 0.2) is 12.3 Å². The van der Waals surface area contributed by atoms with E-state index in [9.17, 15) is 0 Å². The van der Waals surface area contributed by atoms with Crippen molar-refractivity contribution in [2.75, 3.05) is 6.54 Å². The molecule has 0 bridgehead atoms. The molecule has 0 aromatic carbocycles. The fourth-order valence-electron chi connectivity index (χ4n) is 0.642. The van der Waals surface area contributed by atoms with Crippen LogP contribution in [-0.2, 0) is 0 Å². The molecule has 1 rings (SSSR count). The molecule has 1 nitrogen and oxygen atoms in total. The first-order valence-electron chi connectivity index (χ1n) is 2.48. The van der Waals surface area contributed by atoms with E-state index >= 15 is 0 Å². The van der Waals surface area contributed by atoms with Crippen LogP contribution in [0.2, 0.25) is 0 Å². The van der Waals surface area contributed by atoms with Gasteiger partial charge in [-0.1, -0.05) is 0 Å². The van der Waals surface area contributed by atoms with Crippen molar-refractivity contribution in [3.05, 3.63) is 12.3 Å². The molecule has 0 aliphatic carbocycles.